The number of carboxylic acids is 3. The van der Waals surface area contributed by atoms with Crippen molar-refractivity contribution in [1.29, 1.82) is 0 Å². The molecule has 0 aromatic carbocycles. The summed E-state index contributed by atoms with van der Waals surface area (Å²) in [4.78, 5) is 81.3. The molecular formula is C25H44N4O12Si. The number of urea groups is 1. The number of carboxylic acid groups (broad SMARTS) is 3. The minimum atomic E-state index is -2.49. The van der Waals surface area contributed by atoms with Crippen molar-refractivity contribution in [3.63, 3.8) is 0 Å². The van der Waals surface area contributed by atoms with E-state index in [1.807, 2.05) is 0 Å². The van der Waals surface area contributed by atoms with E-state index >= 15 is 0 Å². The van der Waals surface area contributed by atoms with Crippen LogP contribution in [0.15, 0.2) is 0 Å². The zero-order valence-electron chi connectivity index (χ0n) is 24.4. The lowest BCUT2D eigenvalue weighted by molar-refractivity contribution is -0.145. The molecule has 1 saturated heterocycles. The lowest BCUT2D eigenvalue weighted by atomic mass is 9.94. The highest BCUT2D eigenvalue weighted by atomic mass is 28.4. The minimum Gasteiger partial charge on any atom is -0.481 e. The Bertz CT molecular complexity index is 1010. The summed E-state index contributed by atoms with van der Waals surface area (Å²) in [5.41, 5.74) is -3.89. The van der Waals surface area contributed by atoms with Gasteiger partial charge in [-0.15, -0.1) is 0 Å². The largest absolute Gasteiger partial charge is 0.481 e. The second kappa shape index (κ2) is 15.8. The van der Waals surface area contributed by atoms with E-state index in [2.05, 4.69) is 21.3 Å². The lowest BCUT2D eigenvalue weighted by Crippen LogP contribution is -2.61. The van der Waals surface area contributed by atoms with Crippen molar-refractivity contribution in [2.75, 3.05) is 6.54 Å². The summed E-state index contributed by atoms with van der Waals surface area (Å²) in [5.74, 6) is -4.93. The van der Waals surface area contributed by atoms with E-state index in [4.69, 9.17) is 9.84 Å². The van der Waals surface area contributed by atoms with Crippen molar-refractivity contribution < 1.29 is 58.7 Å². The van der Waals surface area contributed by atoms with Gasteiger partial charge < -0.3 is 51.2 Å². The summed E-state index contributed by atoms with van der Waals surface area (Å²) in [6, 6.07) is -1.26. The Balaban J connectivity index is 2.42. The maximum atomic E-state index is 12.4. The van der Waals surface area contributed by atoms with E-state index in [-0.39, 0.29) is 31.7 Å². The highest BCUT2D eigenvalue weighted by Crippen LogP contribution is 2.27. The van der Waals surface area contributed by atoms with E-state index in [0.717, 1.165) is 13.8 Å². The van der Waals surface area contributed by atoms with Crippen molar-refractivity contribution in [2.24, 2.45) is 0 Å². The first-order valence-electron chi connectivity index (χ1n) is 13.7. The molecule has 4 unspecified atom stereocenters. The number of ether oxygens (including phenoxy) is 1. The van der Waals surface area contributed by atoms with Crippen LogP contribution in [0.5, 0.6) is 0 Å². The summed E-state index contributed by atoms with van der Waals surface area (Å²) < 4.78 is 5.04. The average Bonchev–Trinajstić information content (AvgIpc) is 3.58. The van der Waals surface area contributed by atoms with Gasteiger partial charge in [0.05, 0.1) is 6.04 Å². The zero-order chi connectivity index (χ0) is 32.3. The number of unbranched alkanes of at least 4 members (excludes halogenated alkanes) is 2. The Morgan fingerprint density at radius 2 is 1.36 bits per heavy atom. The monoisotopic (exact) mass is 620 g/mol. The van der Waals surface area contributed by atoms with Crippen LogP contribution in [0, 0.1) is 0 Å². The molecule has 0 aromatic heterocycles. The van der Waals surface area contributed by atoms with E-state index in [1.54, 1.807) is 13.1 Å². The third-order valence-corrected chi connectivity index (χ3v) is 8.22. The molecular weight excluding hydrogens is 576 g/mol. The molecule has 4 amide bonds. The molecule has 1 aliphatic heterocycles. The SMILES string of the molecule is CC(CCC(=O)NCCCCCC(=O)NC(C[Si](C)(C)O)C1OC1O)(NC(=O)N[C@@](C)(CCC(=O)O)C(=O)O)C(=O)O. The molecule has 5 atom stereocenters. The van der Waals surface area contributed by atoms with Gasteiger partial charge in [-0.25, -0.2) is 14.4 Å². The quantitative estimate of drug-likeness (QED) is 0.0482. The van der Waals surface area contributed by atoms with Crippen molar-refractivity contribution in [1.82, 2.24) is 21.3 Å². The summed E-state index contributed by atoms with van der Waals surface area (Å²) >= 11 is 0. The Morgan fingerprint density at radius 3 is 1.81 bits per heavy atom. The Kier molecular flexibility index (Phi) is 13.8. The maximum Gasteiger partial charge on any atom is 0.329 e. The number of hydrogen-bond donors (Lipinski definition) is 9. The number of aliphatic hydroxyl groups is 1. The smallest absolute Gasteiger partial charge is 0.329 e. The molecule has 0 saturated carbocycles. The molecule has 0 aliphatic carbocycles. The first-order chi connectivity index (χ1) is 19.3. The Hall–Kier alpha value is -3.28. The zero-order valence-corrected chi connectivity index (χ0v) is 25.4. The van der Waals surface area contributed by atoms with Crippen molar-refractivity contribution in [3.8, 4) is 0 Å². The van der Waals surface area contributed by atoms with Gasteiger partial charge in [-0.05, 0) is 58.7 Å². The predicted molar refractivity (Wildman–Crippen MR) is 149 cm³/mol. The fraction of sp³-hybridized carbons (Fsp3) is 0.760. The molecule has 1 rings (SSSR count). The molecule has 0 aromatic rings. The van der Waals surface area contributed by atoms with Crippen LogP contribution in [0.4, 0.5) is 4.79 Å². The number of nitrogens with one attached hydrogen (secondary N) is 4. The van der Waals surface area contributed by atoms with Crippen molar-refractivity contribution in [2.45, 2.75) is 114 Å². The number of carbonyl (C=O) groups is 6. The predicted octanol–water partition coefficient (Wildman–Crippen LogP) is -0.307. The van der Waals surface area contributed by atoms with Gasteiger partial charge in [0.15, 0.2) is 14.6 Å². The van der Waals surface area contributed by atoms with Gasteiger partial charge in [0, 0.05) is 25.8 Å². The van der Waals surface area contributed by atoms with E-state index in [1.165, 1.54) is 0 Å². The number of aliphatic hydroxyl groups excluding tert-OH is 1. The molecule has 17 heteroatoms. The van der Waals surface area contributed by atoms with Gasteiger partial charge >= 0.3 is 23.9 Å². The standard InChI is InChI=1S/C25H44N4O12Si/c1-24(21(35)36,28-23(39)29-25(2,22(37)38)12-10-18(32)33)11-9-16(30)26-13-7-5-6-8-17(31)27-15(14-42(3,4)40)19-20(34)41-19/h15,19-20,34,40H,5-14H2,1-4H3,(H,26,30)(H,27,31)(H,32,33)(H,35,36)(H,37,38)(H2,28,29,39)/t15?,19?,20?,24?,25-/m0/s1. The van der Waals surface area contributed by atoms with Gasteiger partial charge in [0.25, 0.3) is 0 Å². The molecule has 240 valence electrons. The van der Waals surface area contributed by atoms with Crippen molar-refractivity contribution >= 4 is 44.1 Å². The van der Waals surface area contributed by atoms with Crippen LogP contribution in [-0.2, 0) is 28.7 Å². The summed E-state index contributed by atoms with van der Waals surface area (Å²) in [6.45, 7) is 5.99. The van der Waals surface area contributed by atoms with Crippen LogP contribution >= 0.6 is 0 Å². The van der Waals surface area contributed by atoms with Crippen LogP contribution in [0.3, 0.4) is 0 Å². The fourth-order valence-electron chi connectivity index (χ4n) is 4.08. The molecule has 0 radical (unpaired) electrons. The van der Waals surface area contributed by atoms with Gasteiger partial charge in [-0.3, -0.25) is 14.4 Å². The van der Waals surface area contributed by atoms with Gasteiger partial charge in [0.2, 0.25) is 11.8 Å². The molecule has 1 heterocycles. The maximum absolute atomic E-state index is 12.4. The van der Waals surface area contributed by atoms with Gasteiger partial charge in [0.1, 0.15) is 17.2 Å². The number of amides is 4. The number of aliphatic carboxylic acids is 3. The molecule has 16 nitrogen and oxygen atoms in total. The van der Waals surface area contributed by atoms with E-state index in [0.29, 0.717) is 25.3 Å². The first-order valence-corrected chi connectivity index (χ1v) is 16.8. The van der Waals surface area contributed by atoms with Crippen LogP contribution in [0.25, 0.3) is 0 Å². The summed E-state index contributed by atoms with van der Waals surface area (Å²) in [6.07, 6.45) is -1.13. The highest BCUT2D eigenvalue weighted by molar-refractivity contribution is 6.70. The average molecular weight is 621 g/mol. The van der Waals surface area contributed by atoms with Gasteiger partial charge in [-0.1, -0.05) is 6.42 Å². The van der Waals surface area contributed by atoms with Crippen LogP contribution in [0.1, 0.15) is 65.2 Å². The van der Waals surface area contributed by atoms with Gasteiger partial charge in [-0.2, -0.15) is 0 Å². The van der Waals surface area contributed by atoms with Crippen molar-refractivity contribution in [3.05, 3.63) is 0 Å². The summed E-state index contributed by atoms with van der Waals surface area (Å²) in [7, 11) is -2.49. The number of hydrogen-bond acceptors (Lipinski definition) is 9. The number of rotatable bonds is 20. The second-order valence-electron chi connectivity index (χ2n) is 11.6. The van der Waals surface area contributed by atoms with Crippen LogP contribution in [-0.4, -0.2) is 105 Å². The normalized spacial score (nSPS) is 19.8. The molecule has 1 aliphatic rings. The molecule has 1 fully saturated rings. The molecule has 42 heavy (non-hydrogen) atoms. The Labute approximate surface area is 244 Å². The third-order valence-electron chi connectivity index (χ3n) is 6.78. The van der Waals surface area contributed by atoms with E-state index < -0.39 is 80.5 Å². The topological polar surface area (TPSA) is 264 Å². The number of carbonyl (C=O) groups excluding carboxylic acids is 3. The minimum absolute atomic E-state index is 0.211. The highest BCUT2D eigenvalue weighted by Gasteiger charge is 2.46. The lowest BCUT2D eigenvalue weighted by Gasteiger charge is -2.30. The second-order valence-corrected chi connectivity index (χ2v) is 15.6. The number of epoxide rings is 1. The van der Waals surface area contributed by atoms with E-state index in [9.17, 15) is 48.9 Å². The van der Waals surface area contributed by atoms with Crippen LogP contribution < -0.4 is 21.3 Å². The third kappa shape index (κ3) is 13.6. The molecule has 9 N–H and O–H groups in total. The summed E-state index contributed by atoms with van der Waals surface area (Å²) in [5, 5.41) is 47.1. The Morgan fingerprint density at radius 1 is 0.833 bits per heavy atom. The van der Waals surface area contributed by atoms with Crippen LogP contribution in [0.2, 0.25) is 19.1 Å². The molecule has 0 bridgehead atoms. The fourth-order valence-corrected chi connectivity index (χ4v) is 5.49. The first kappa shape index (κ1) is 36.7. The molecule has 0 spiro atoms.